The SMILES string of the molecule is O=C1N=Nc2c3ccccc3cc[n+]21. The predicted molar refractivity (Wildman–Crippen MR) is 49.5 cm³/mol. The van der Waals surface area contributed by atoms with Gasteiger partial charge in [-0.2, -0.15) is 4.57 Å². The van der Waals surface area contributed by atoms with Gasteiger partial charge < -0.3 is 0 Å². The molecule has 1 aliphatic heterocycles. The second-order valence-corrected chi connectivity index (χ2v) is 3.08. The molecule has 1 aromatic heterocycles. The fraction of sp³-hybridized carbons (Fsp3) is 0. The molecule has 0 saturated carbocycles. The van der Waals surface area contributed by atoms with E-state index in [-0.39, 0.29) is 6.03 Å². The zero-order valence-corrected chi connectivity index (χ0v) is 7.21. The van der Waals surface area contributed by atoms with Gasteiger partial charge >= 0.3 is 11.8 Å². The molecule has 0 spiro atoms. The summed E-state index contributed by atoms with van der Waals surface area (Å²) in [6.45, 7) is 0. The van der Waals surface area contributed by atoms with Gasteiger partial charge in [-0.05, 0) is 17.5 Å². The largest absolute Gasteiger partial charge is 0.518 e. The van der Waals surface area contributed by atoms with Crippen LogP contribution < -0.4 is 4.57 Å². The van der Waals surface area contributed by atoms with Gasteiger partial charge in [0.05, 0.1) is 16.7 Å². The van der Waals surface area contributed by atoms with Crippen LogP contribution in [0.15, 0.2) is 46.8 Å². The summed E-state index contributed by atoms with van der Waals surface area (Å²) in [6.07, 6.45) is 1.69. The van der Waals surface area contributed by atoms with Gasteiger partial charge in [-0.15, -0.1) is 0 Å². The van der Waals surface area contributed by atoms with E-state index in [1.54, 1.807) is 6.20 Å². The second kappa shape index (κ2) is 2.45. The lowest BCUT2D eigenvalue weighted by Gasteiger charge is -1.96. The smallest absolute Gasteiger partial charge is 0.205 e. The zero-order chi connectivity index (χ0) is 9.54. The number of carbonyl (C=O) groups excluding carboxylic acids is 1. The summed E-state index contributed by atoms with van der Waals surface area (Å²) in [5.74, 6) is 0.619. The summed E-state index contributed by atoms with van der Waals surface area (Å²) < 4.78 is 1.45. The lowest BCUT2D eigenvalue weighted by molar-refractivity contribution is -0.548. The number of hydrogen-bond donors (Lipinski definition) is 0. The topological polar surface area (TPSA) is 45.7 Å². The molecule has 66 valence electrons. The highest BCUT2D eigenvalue weighted by Gasteiger charge is 2.28. The summed E-state index contributed by atoms with van der Waals surface area (Å²) in [6, 6.07) is 9.33. The van der Waals surface area contributed by atoms with Crippen LogP contribution in [0.2, 0.25) is 0 Å². The maximum Gasteiger partial charge on any atom is 0.518 e. The van der Waals surface area contributed by atoms with Gasteiger partial charge in [0, 0.05) is 0 Å². The Kier molecular flexibility index (Phi) is 1.28. The Labute approximate surface area is 79.5 Å². The van der Waals surface area contributed by atoms with Crippen molar-refractivity contribution < 1.29 is 9.36 Å². The van der Waals surface area contributed by atoms with E-state index in [0.29, 0.717) is 5.82 Å². The number of nitrogens with zero attached hydrogens (tertiary/aromatic N) is 3. The van der Waals surface area contributed by atoms with Gasteiger partial charge in [-0.25, -0.2) is 4.79 Å². The lowest BCUT2D eigenvalue weighted by Crippen LogP contribution is -2.36. The summed E-state index contributed by atoms with van der Waals surface area (Å²) >= 11 is 0. The van der Waals surface area contributed by atoms with Crippen molar-refractivity contribution >= 4 is 22.6 Å². The molecule has 3 rings (SSSR count). The quantitative estimate of drug-likeness (QED) is 0.579. The van der Waals surface area contributed by atoms with Gasteiger partial charge in [0.1, 0.15) is 5.11 Å². The van der Waals surface area contributed by atoms with Crippen LogP contribution in [0.3, 0.4) is 0 Å². The number of aromatic nitrogens is 1. The molecule has 0 radical (unpaired) electrons. The minimum absolute atomic E-state index is 0.328. The highest BCUT2D eigenvalue weighted by molar-refractivity contribution is 5.91. The predicted octanol–water partition coefficient (Wildman–Crippen LogP) is 2.19. The molecular weight excluding hydrogens is 178 g/mol. The van der Waals surface area contributed by atoms with E-state index in [1.807, 2.05) is 30.3 Å². The van der Waals surface area contributed by atoms with Gasteiger partial charge in [0.15, 0.2) is 0 Å². The standard InChI is InChI=1S/C10H6N3O/c14-10-12-11-9-8-4-2-1-3-7(8)5-6-13(9)10/h1-6H/q+1. The Bertz CT molecular complexity index is 575. The molecule has 0 saturated heterocycles. The van der Waals surface area contributed by atoms with E-state index in [0.717, 1.165) is 10.8 Å². The fourth-order valence-corrected chi connectivity index (χ4v) is 1.60. The van der Waals surface area contributed by atoms with Crippen molar-refractivity contribution in [3.05, 3.63) is 36.5 Å². The Morgan fingerprint density at radius 1 is 1.07 bits per heavy atom. The van der Waals surface area contributed by atoms with Crippen LogP contribution in [-0.4, -0.2) is 6.03 Å². The molecule has 0 unspecified atom stereocenters. The number of fused-ring (bicyclic) bond motifs is 3. The minimum atomic E-state index is -0.328. The zero-order valence-electron chi connectivity index (χ0n) is 7.21. The summed E-state index contributed by atoms with van der Waals surface area (Å²) in [4.78, 5) is 11.2. The maximum absolute atomic E-state index is 11.2. The first kappa shape index (κ1) is 7.32. The third-order valence-corrected chi connectivity index (χ3v) is 2.27. The number of benzene rings is 1. The number of amides is 1. The number of azo groups is 1. The first-order valence-electron chi connectivity index (χ1n) is 4.26. The van der Waals surface area contributed by atoms with E-state index in [9.17, 15) is 4.79 Å². The molecule has 1 aliphatic rings. The van der Waals surface area contributed by atoms with Crippen LogP contribution in [0.1, 0.15) is 0 Å². The highest BCUT2D eigenvalue weighted by Crippen LogP contribution is 2.24. The molecule has 0 aliphatic carbocycles. The van der Waals surface area contributed by atoms with Crippen molar-refractivity contribution in [1.29, 1.82) is 0 Å². The molecule has 2 aromatic rings. The fourth-order valence-electron chi connectivity index (χ4n) is 1.60. The average Bonchev–Trinajstić information content (AvgIpc) is 2.61. The molecule has 2 heterocycles. The Hall–Kier alpha value is -2.10. The number of carbonyl (C=O) groups is 1. The third kappa shape index (κ3) is 0.821. The minimum Gasteiger partial charge on any atom is -0.205 e. The number of rotatable bonds is 0. The highest BCUT2D eigenvalue weighted by atomic mass is 16.2. The van der Waals surface area contributed by atoms with Crippen molar-refractivity contribution in [2.75, 3.05) is 0 Å². The van der Waals surface area contributed by atoms with Crippen molar-refractivity contribution in [3.63, 3.8) is 0 Å². The molecule has 1 aromatic carbocycles. The first-order chi connectivity index (χ1) is 6.86. The van der Waals surface area contributed by atoms with Crippen molar-refractivity contribution in [3.8, 4) is 0 Å². The molecule has 1 amide bonds. The Morgan fingerprint density at radius 2 is 1.93 bits per heavy atom. The Morgan fingerprint density at radius 3 is 2.86 bits per heavy atom. The van der Waals surface area contributed by atoms with E-state index in [1.165, 1.54) is 4.57 Å². The van der Waals surface area contributed by atoms with Crippen LogP contribution in [0.4, 0.5) is 10.6 Å². The van der Waals surface area contributed by atoms with Crippen LogP contribution in [0.25, 0.3) is 10.8 Å². The number of hydrogen-bond acceptors (Lipinski definition) is 2. The molecule has 0 bridgehead atoms. The van der Waals surface area contributed by atoms with Crippen molar-refractivity contribution in [2.45, 2.75) is 0 Å². The van der Waals surface area contributed by atoms with E-state index in [4.69, 9.17) is 0 Å². The van der Waals surface area contributed by atoms with Gasteiger partial charge in [0.2, 0.25) is 0 Å². The molecule has 14 heavy (non-hydrogen) atoms. The number of pyridine rings is 1. The van der Waals surface area contributed by atoms with Crippen LogP contribution in [0, 0.1) is 0 Å². The summed E-state index contributed by atoms with van der Waals surface area (Å²) in [5, 5.41) is 9.36. The van der Waals surface area contributed by atoms with Gasteiger partial charge in [0.25, 0.3) is 0 Å². The van der Waals surface area contributed by atoms with Gasteiger partial charge in [-0.1, -0.05) is 18.2 Å². The summed E-state index contributed by atoms with van der Waals surface area (Å²) in [5.41, 5.74) is 0. The van der Waals surface area contributed by atoms with E-state index >= 15 is 0 Å². The van der Waals surface area contributed by atoms with Crippen LogP contribution in [0.5, 0.6) is 0 Å². The normalized spacial score (nSPS) is 13.6. The third-order valence-electron chi connectivity index (χ3n) is 2.27. The monoisotopic (exact) mass is 184 g/mol. The molecule has 0 fully saturated rings. The molecular formula is C10H6N3O+. The lowest BCUT2D eigenvalue weighted by atomic mass is 10.1. The van der Waals surface area contributed by atoms with Crippen molar-refractivity contribution in [2.24, 2.45) is 10.2 Å². The van der Waals surface area contributed by atoms with E-state index in [2.05, 4.69) is 10.2 Å². The molecule has 4 nitrogen and oxygen atoms in total. The maximum atomic E-state index is 11.2. The summed E-state index contributed by atoms with van der Waals surface area (Å²) in [7, 11) is 0. The average molecular weight is 184 g/mol. The second-order valence-electron chi connectivity index (χ2n) is 3.08. The van der Waals surface area contributed by atoms with Crippen molar-refractivity contribution in [1.82, 2.24) is 0 Å². The van der Waals surface area contributed by atoms with Gasteiger partial charge in [-0.3, -0.25) is 0 Å². The molecule has 4 heteroatoms. The molecule has 0 atom stereocenters. The first-order valence-corrected chi connectivity index (χ1v) is 4.26. The van der Waals surface area contributed by atoms with Crippen LogP contribution in [-0.2, 0) is 0 Å². The van der Waals surface area contributed by atoms with Crippen LogP contribution >= 0.6 is 0 Å². The van der Waals surface area contributed by atoms with E-state index < -0.39 is 0 Å². The molecule has 0 N–H and O–H groups in total. The Balaban J connectivity index is 2.49.